The SMILES string of the molecule is Cc1[nH]nc2cc(Cl)c(F)c(C[C@H](C)NC(=O)OC(C)(C)C)c12. The molecule has 0 bridgehead atoms. The van der Waals surface area contributed by atoms with Crippen molar-refractivity contribution >= 4 is 28.6 Å². The number of benzene rings is 1. The van der Waals surface area contributed by atoms with Crippen LogP contribution in [-0.4, -0.2) is 27.9 Å². The molecule has 0 spiro atoms. The van der Waals surface area contributed by atoms with Crippen LogP contribution in [0.4, 0.5) is 9.18 Å². The summed E-state index contributed by atoms with van der Waals surface area (Å²) in [5, 5.41) is 10.4. The van der Waals surface area contributed by atoms with Crippen LogP contribution in [0.15, 0.2) is 6.07 Å². The molecule has 2 N–H and O–H groups in total. The Bertz CT molecular complexity index is 737. The number of H-pyrrole nitrogens is 1. The average molecular weight is 342 g/mol. The molecule has 0 saturated carbocycles. The molecule has 5 nitrogen and oxygen atoms in total. The number of halogens is 2. The van der Waals surface area contributed by atoms with Gasteiger partial charge in [-0.1, -0.05) is 11.6 Å². The van der Waals surface area contributed by atoms with Gasteiger partial charge in [-0.3, -0.25) is 5.10 Å². The second kappa shape index (κ2) is 6.35. The van der Waals surface area contributed by atoms with Gasteiger partial charge in [0.2, 0.25) is 0 Å². The molecule has 0 unspecified atom stereocenters. The van der Waals surface area contributed by atoms with Crippen LogP contribution in [0.25, 0.3) is 10.9 Å². The van der Waals surface area contributed by atoms with Crippen molar-refractivity contribution in [2.45, 2.75) is 52.7 Å². The van der Waals surface area contributed by atoms with Crippen molar-refractivity contribution in [2.24, 2.45) is 0 Å². The largest absolute Gasteiger partial charge is 0.444 e. The number of nitrogens with one attached hydrogen (secondary N) is 2. The van der Waals surface area contributed by atoms with Crippen molar-refractivity contribution in [3.8, 4) is 0 Å². The van der Waals surface area contributed by atoms with Crippen LogP contribution in [0.2, 0.25) is 5.02 Å². The first-order valence-corrected chi connectivity index (χ1v) is 7.77. The van der Waals surface area contributed by atoms with Gasteiger partial charge < -0.3 is 10.1 Å². The number of carbonyl (C=O) groups excluding carboxylic acids is 1. The topological polar surface area (TPSA) is 67.0 Å². The molecule has 0 aliphatic rings. The summed E-state index contributed by atoms with van der Waals surface area (Å²) in [6, 6.07) is 1.17. The highest BCUT2D eigenvalue weighted by molar-refractivity contribution is 6.31. The van der Waals surface area contributed by atoms with Gasteiger partial charge in [0, 0.05) is 22.7 Å². The molecule has 0 aliphatic carbocycles. The lowest BCUT2D eigenvalue weighted by Gasteiger charge is -2.22. The third-order valence-electron chi connectivity index (χ3n) is 3.29. The van der Waals surface area contributed by atoms with E-state index in [-0.39, 0.29) is 17.5 Å². The Labute approximate surface area is 139 Å². The van der Waals surface area contributed by atoms with Crippen molar-refractivity contribution < 1.29 is 13.9 Å². The summed E-state index contributed by atoms with van der Waals surface area (Å²) in [6.07, 6.45) is -0.254. The van der Waals surface area contributed by atoms with Gasteiger partial charge in [-0.25, -0.2) is 9.18 Å². The lowest BCUT2D eigenvalue weighted by molar-refractivity contribution is 0.0508. The first-order chi connectivity index (χ1) is 10.6. The highest BCUT2D eigenvalue weighted by atomic mass is 35.5. The minimum absolute atomic E-state index is 0.0171. The smallest absolute Gasteiger partial charge is 0.407 e. The van der Waals surface area contributed by atoms with E-state index in [1.807, 2.05) is 6.92 Å². The Morgan fingerprint density at radius 1 is 1.52 bits per heavy atom. The van der Waals surface area contributed by atoms with Gasteiger partial charge in [-0.15, -0.1) is 0 Å². The lowest BCUT2D eigenvalue weighted by atomic mass is 10.0. The van der Waals surface area contributed by atoms with E-state index in [0.717, 1.165) is 5.69 Å². The zero-order valence-electron chi connectivity index (χ0n) is 13.9. The molecule has 2 aromatic rings. The van der Waals surface area contributed by atoms with E-state index in [1.165, 1.54) is 6.07 Å². The fourth-order valence-electron chi connectivity index (χ4n) is 2.43. The molecular formula is C16H21ClFN3O2. The Hall–Kier alpha value is -1.82. The highest BCUT2D eigenvalue weighted by Gasteiger charge is 2.21. The molecule has 0 fully saturated rings. The van der Waals surface area contributed by atoms with E-state index >= 15 is 0 Å². The maximum Gasteiger partial charge on any atom is 0.407 e. The summed E-state index contributed by atoms with van der Waals surface area (Å²) < 4.78 is 19.6. The van der Waals surface area contributed by atoms with Crippen LogP contribution >= 0.6 is 11.6 Å². The Morgan fingerprint density at radius 3 is 2.78 bits per heavy atom. The highest BCUT2D eigenvalue weighted by Crippen LogP contribution is 2.29. The first kappa shape index (κ1) is 17.5. The molecule has 1 aromatic heterocycles. The van der Waals surface area contributed by atoms with Crippen LogP contribution in [0, 0.1) is 12.7 Å². The van der Waals surface area contributed by atoms with Gasteiger partial charge in [0.25, 0.3) is 0 Å². The minimum Gasteiger partial charge on any atom is -0.444 e. The van der Waals surface area contributed by atoms with Crippen LogP contribution < -0.4 is 5.32 Å². The molecule has 7 heteroatoms. The average Bonchev–Trinajstić information content (AvgIpc) is 2.73. The monoisotopic (exact) mass is 341 g/mol. The van der Waals surface area contributed by atoms with E-state index in [0.29, 0.717) is 16.5 Å². The number of ether oxygens (including phenoxy) is 1. The van der Waals surface area contributed by atoms with Gasteiger partial charge in [0.05, 0.1) is 10.5 Å². The van der Waals surface area contributed by atoms with E-state index in [1.54, 1.807) is 27.7 Å². The van der Waals surface area contributed by atoms with Crippen LogP contribution in [0.3, 0.4) is 0 Å². The van der Waals surface area contributed by atoms with E-state index in [9.17, 15) is 9.18 Å². The summed E-state index contributed by atoms with van der Waals surface area (Å²) in [5.74, 6) is -0.485. The number of rotatable bonds is 3. The minimum atomic E-state index is -0.584. The molecule has 126 valence electrons. The molecule has 1 atom stereocenters. The number of nitrogens with zero attached hydrogens (tertiary/aromatic N) is 1. The fourth-order valence-corrected chi connectivity index (χ4v) is 2.65. The number of amides is 1. The standard InChI is InChI=1S/C16H21ClFN3O2/c1-8(19-15(22)23-16(3,4)5)6-10-13-9(2)20-21-12(13)7-11(17)14(10)18/h7-8H,6H2,1-5H3,(H,19,22)(H,20,21)/t8-/m0/s1. The Kier molecular flexibility index (Phi) is 4.84. The summed E-state index contributed by atoms with van der Waals surface area (Å²) in [5.41, 5.74) is 1.21. The number of carbonyl (C=O) groups is 1. The first-order valence-electron chi connectivity index (χ1n) is 7.39. The van der Waals surface area contributed by atoms with E-state index in [4.69, 9.17) is 16.3 Å². The van der Waals surface area contributed by atoms with Crippen molar-refractivity contribution in [2.75, 3.05) is 0 Å². The number of hydrogen-bond donors (Lipinski definition) is 2. The second-order valence-corrected chi connectivity index (χ2v) is 7.05. The number of fused-ring (bicyclic) bond motifs is 1. The van der Waals surface area contributed by atoms with Gasteiger partial charge in [0.15, 0.2) is 0 Å². The quantitative estimate of drug-likeness (QED) is 0.882. The summed E-state index contributed by atoms with van der Waals surface area (Å²) in [6.45, 7) is 8.95. The Balaban J connectivity index is 2.23. The maximum absolute atomic E-state index is 14.4. The molecule has 0 aliphatic heterocycles. The van der Waals surface area contributed by atoms with Crippen LogP contribution in [0.5, 0.6) is 0 Å². The predicted molar refractivity (Wildman–Crippen MR) is 88.3 cm³/mol. The third kappa shape index (κ3) is 4.13. The molecule has 1 heterocycles. The number of hydrogen-bond acceptors (Lipinski definition) is 3. The fraction of sp³-hybridized carbons (Fsp3) is 0.500. The van der Waals surface area contributed by atoms with Crippen molar-refractivity contribution in [1.82, 2.24) is 15.5 Å². The van der Waals surface area contributed by atoms with Crippen molar-refractivity contribution in [1.29, 1.82) is 0 Å². The summed E-state index contributed by atoms with van der Waals surface area (Å²) in [4.78, 5) is 11.8. The van der Waals surface area contributed by atoms with Gasteiger partial charge in [-0.2, -0.15) is 5.10 Å². The van der Waals surface area contributed by atoms with E-state index in [2.05, 4.69) is 15.5 Å². The predicted octanol–water partition coefficient (Wildman–Crippen LogP) is 4.12. The lowest BCUT2D eigenvalue weighted by Crippen LogP contribution is -2.38. The number of aromatic nitrogens is 2. The van der Waals surface area contributed by atoms with Crippen molar-refractivity contribution in [3.05, 3.63) is 28.2 Å². The summed E-state index contributed by atoms with van der Waals surface area (Å²) in [7, 11) is 0. The Morgan fingerprint density at radius 2 is 2.17 bits per heavy atom. The maximum atomic E-state index is 14.4. The molecular weight excluding hydrogens is 321 g/mol. The number of aryl methyl sites for hydroxylation is 1. The second-order valence-electron chi connectivity index (χ2n) is 6.65. The molecule has 1 aromatic carbocycles. The number of aromatic amines is 1. The summed E-state index contributed by atoms with van der Waals surface area (Å²) >= 11 is 5.94. The normalized spacial score (nSPS) is 13.2. The van der Waals surface area contributed by atoms with Gasteiger partial charge >= 0.3 is 6.09 Å². The number of alkyl carbamates (subject to hydrolysis) is 1. The zero-order valence-corrected chi connectivity index (χ0v) is 14.6. The van der Waals surface area contributed by atoms with E-state index < -0.39 is 17.5 Å². The van der Waals surface area contributed by atoms with Gasteiger partial charge in [-0.05, 0) is 47.1 Å². The molecule has 0 radical (unpaired) electrons. The van der Waals surface area contributed by atoms with Crippen LogP contribution in [-0.2, 0) is 11.2 Å². The molecule has 23 heavy (non-hydrogen) atoms. The van der Waals surface area contributed by atoms with Crippen LogP contribution in [0.1, 0.15) is 39.0 Å². The third-order valence-corrected chi connectivity index (χ3v) is 3.56. The molecule has 2 rings (SSSR count). The molecule has 1 amide bonds. The van der Waals surface area contributed by atoms with Crippen molar-refractivity contribution in [3.63, 3.8) is 0 Å². The zero-order chi connectivity index (χ0) is 17.4. The molecule has 0 saturated heterocycles. The van der Waals surface area contributed by atoms with Gasteiger partial charge in [0.1, 0.15) is 11.4 Å².